The molecular weight excluding hydrogens is 246 g/mol. The highest BCUT2D eigenvalue weighted by molar-refractivity contribution is 7.13. The summed E-state index contributed by atoms with van der Waals surface area (Å²) in [6.07, 6.45) is 7.45. The molecule has 2 heterocycles. The lowest BCUT2D eigenvalue weighted by molar-refractivity contribution is 0.0386. The largest absolute Gasteiger partial charge is 0.375 e. The zero-order chi connectivity index (χ0) is 12.5. The number of carbonyl (C=O) groups excluding carboxylic acids is 1. The number of fused-ring (bicyclic) bond motifs is 1. The number of likely N-dealkylation sites (tertiary alicyclic amines) is 1. The summed E-state index contributed by atoms with van der Waals surface area (Å²) in [6.45, 7) is 0.886. The van der Waals surface area contributed by atoms with Gasteiger partial charge in [0, 0.05) is 18.0 Å². The number of hydrogen-bond acceptors (Lipinski definition) is 4. The fourth-order valence-electron chi connectivity index (χ4n) is 3.41. The summed E-state index contributed by atoms with van der Waals surface area (Å²) in [5.74, 6) is 0.798. The third-order valence-electron chi connectivity index (χ3n) is 4.25. The van der Waals surface area contributed by atoms with E-state index in [1.165, 1.54) is 37.0 Å². The summed E-state index contributed by atoms with van der Waals surface area (Å²) in [5.41, 5.74) is 6.15. The van der Waals surface area contributed by atoms with Crippen LogP contribution in [0.25, 0.3) is 0 Å². The van der Waals surface area contributed by atoms with Gasteiger partial charge in [0.25, 0.3) is 5.91 Å². The Labute approximate surface area is 111 Å². The topological polar surface area (TPSA) is 59.2 Å². The van der Waals surface area contributed by atoms with E-state index in [4.69, 9.17) is 5.73 Å². The predicted octanol–water partition coefficient (Wildman–Crippen LogP) is 2.52. The fourth-order valence-corrected chi connectivity index (χ4v) is 3.95. The summed E-state index contributed by atoms with van der Waals surface area (Å²) >= 11 is 1.35. The number of anilines is 1. The SMILES string of the molecule is Nc1nc(C(=O)N2CCCC3CCCCC32)cs1. The Bertz CT molecular complexity index is 443. The van der Waals surface area contributed by atoms with Crippen LogP contribution >= 0.6 is 11.3 Å². The highest BCUT2D eigenvalue weighted by Gasteiger charge is 2.36. The maximum Gasteiger partial charge on any atom is 0.273 e. The van der Waals surface area contributed by atoms with Crippen LogP contribution in [0.3, 0.4) is 0 Å². The predicted molar refractivity (Wildman–Crippen MR) is 72.5 cm³/mol. The van der Waals surface area contributed by atoms with Gasteiger partial charge in [0.2, 0.25) is 0 Å². The van der Waals surface area contributed by atoms with E-state index < -0.39 is 0 Å². The number of amides is 1. The number of carbonyl (C=O) groups is 1. The third kappa shape index (κ3) is 2.11. The van der Waals surface area contributed by atoms with Crippen LogP contribution in [0.2, 0.25) is 0 Å². The molecule has 1 aliphatic heterocycles. The molecule has 0 aromatic carbocycles. The van der Waals surface area contributed by atoms with Crippen LogP contribution in [0.4, 0.5) is 5.13 Å². The molecule has 5 heteroatoms. The van der Waals surface area contributed by atoms with Gasteiger partial charge in [-0.3, -0.25) is 4.79 Å². The molecule has 2 fully saturated rings. The fraction of sp³-hybridized carbons (Fsp3) is 0.692. The molecule has 1 saturated carbocycles. The van der Waals surface area contributed by atoms with Crippen molar-refractivity contribution < 1.29 is 4.79 Å². The van der Waals surface area contributed by atoms with Crippen molar-refractivity contribution in [2.45, 2.75) is 44.6 Å². The van der Waals surface area contributed by atoms with Crippen LogP contribution in [0, 0.1) is 5.92 Å². The molecule has 1 amide bonds. The lowest BCUT2D eigenvalue weighted by Crippen LogP contribution is -2.49. The van der Waals surface area contributed by atoms with E-state index >= 15 is 0 Å². The smallest absolute Gasteiger partial charge is 0.273 e. The number of thiazole rings is 1. The van der Waals surface area contributed by atoms with Gasteiger partial charge in [-0.2, -0.15) is 0 Å². The van der Waals surface area contributed by atoms with Crippen LogP contribution in [-0.4, -0.2) is 28.4 Å². The van der Waals surface area contributed by atoms with Gasteiger partial charge in [-0.05, 0) is 31.6 Å². The van der Waals surface area contributed by atoms with Crippen LogP contribution in [-0.2, 0) is 0 Å². The molecule has 2 N–H and O–H groups in total. The van der Waals surface area contributed by atoms with Crippen molar-refractivity contribution >= 4 is 22.4 Å². The van der Waals surface area contributed by atoms with Crippen molar-refractivity contribution in [3.8, 4) is 0 Å². The van der Waals surface area contributed by atoms with Gasteiger partial charge in [0.1, 0.15) is 5.69 Å². The molecule has 1 aromatic rings. The van der Waals surface area contributed by atoms with Crippen LogP contribution in [0.15, 0.2) is 5.38 Å². The van der Waals surface area contributed by atoms with E-state index in [0.717, 1.165) is 19.4 Å². The molecule has 0 bridgehead atoms. The van der Waals surface area contributed by atoms with Crippen molar-refractivity contribution in [1.29, 1.82) is 0 Å². The summed E-state index contributed by atoms with van der Waals surface area (Å²) in [6, 6.07) is 0.447. The molecule has 98 valence electrons. The van der Waals surface area contributed by atoms with E-state index in [1.807, 2.05) is 0 Å². The lowest BCUT2D eigenvalue weighted by Gasteiger charge is -2.43. The molecule has 1 aromatic heterocycles. The summed E-state index contributed by atoms with van der Waals surface area (Å²) in [7, 11) is 0. The second-order valence-electron chi connectivity index (χ2n) is 5.32. The standard InChI is InChI=1S/C13H19N3OS/c14-13-15-10(8-18-13)12(17)16-7-3-5-9-4-1-2-6-11(9)16/h8-9,11H,1-7H2,(H2,14,15). The first-order chi connectivity index (χ1) is 8.75. The minimum Gasteiger partial charge on any atom is -0.375 e. The Balaban J connectivity index is 1.79. The number of nitrogen functional groups attached to an aromatic ring is 1. The maximum atomic E-state index is 12.5. The van der Waals surface area contributed by atoms with Crippen molar-refractivity contribution in [3.05, 3.63) is 11.1 Å². The molecule has 4 nitrogen and oxygen atoms in total. The Hall–Kier alpha value is -1.10. The van der Waals surface area contributed by atoms with Crippen LogP contribution < -0.4 is 5.73 Å². The van der Waals surface area contributed by atoms with E-state index in [1.54, 1.807) is 5.38 Å². The van der Waals surface area contributed by atoms with E-state index in [-0.39, 0.29) is 5.91 Å². The molecule has 18 heavy (non-hydrogen) atoms. The van der Waals surface area contributed by atoms with Gasteiger partial charge >= 0.3 is 0 Å². The maximum absolute atomic E-state index is 12.5. The van der Waals surface area contributed by atoms with Crippen molar-refractivity contribution in [3.63, 3.8) is 0 Å². The molecule has 2 aliphatic rings. The molecule has 2 unspecified atom stereocenters. The molecular formula is C13H19N3OS. The van der Waals surface area contributed by atoms with Crippen LogP contribution in [0.1, 0.15) is 49.0 Å². The molecule has 1 aliphatic carbocycles. The van der Waals surface area contributed by atoms with Gasteiger partial charge in [0.05, 0.1) is 0 Å². The molecule has 3 rings (SSSR count). The first kappa shape index (κ1) is 12.0. The van der Waals surface area contributed by atoms with Crippen molar-refractivity contribution in [2.24, 2.45) is 5.92 Å². The van der Waals surface area contributed by atoms with E-state index in [2.05, 4.69) is 9.88 Å². The number of hydrogen-bond donors (Lipinski definition) is 1. The Morgan fingerprint density at radius 3 is 2.89 bits per heavy atom. The zero-order valence-electron chi connectivity index (χ0n) is 10.5. The lowest BCUT2D eigenvalue weighted by atomic mass is 9.78. The summed E-state index contributed by atoms with van der Waals surface area (Å²) in [4.78, 5) is 18.7. The third-order valence-corrected chi connectivity index (χ3v) is 4.92. The molecule has 2 atom stereocenters. The Morgan fingerprint density at radius 2 is 2.11 bits per heavy atom. The normalized spacial score (nSPS) is 27.9. The number of rotatable bonds is 1. The average Bonchev–Trinajstić information content (AvgIpc) is 2.84. The number of nitrogens with zero attached hydrogens (tertiary/aromatic N) is 2. The Kier molecular flexibility index (Phi) is 3.24. The molecule has 1 saturated heterocycles. The minimum atomic E-state index is 0.0829. The first-order valence-corrected chi connectivity index (χ1v) is 7.65. The molecule has 0 spiro atoms. The quantitative estimate of drug-likeness (QED) is 0.848. The van der Waals surface area contributed by atoms with E-state index in [0.29, 0.717) is 22.8 Å². The minimum absolute atomic E-state index is 0.0829. The van der Waals surface area contributed by atoms with Gasteiger partial charge < -0.3 is 10.6 Å². The highest BCUT2D eigenvalue weighted by Crippen LogP contribution is 2.36. The second-order valence-corrected chi connectivity index (χ2v) is 6.21. The van der Waals surface area contributed by atoms with Crippen molar-refractivity contribution in [2.75, 3.05) is 12.3 Å². The summed E-state index contributed by atoms with van der Waals surface area (Å²) in [5, 5.41) is 2.26. The second kappa shape index (κ2) is 4.88. The van der Waals surface area contributed by atoms with Gasteiger partial charge in [0.15, 0.2) is 5.13 Å². The number of aromatic nitrogens is 1. The van der Waals surface area contributed by atoms with Gasteiger partial charge in [-0.15, -0.1) is 11.3 Å². The van der Waals surface area contributed by atoms with Gasteiger partial charge in [-0.1, -0.05) is 12.8 Å². The summed E-state index contributed by atoms with van der Waals surface area (Å²) < 4.78 is 0. The molecule has 0 radical (unpaired) electrons. The number of nitrogens with two attached hydrogens (primary N) is 1. The Morgan fingerprint density at radius 1 is 1.33 bits per heavy atom. The van der Waals surface area contributed by atoms with Crippen molar-refractivity contribution in [1.82, 2.24) is 9.88 Å². The van der Waals surface area contributed by atoms with Crippen LogP contribution in [0.5, 0.6) is 0 Å². The van der Waals surface area contributed by atoms with E-state index in [9.17, 15) is 4.79 Å². The number of piperidine rings is 1. The highest BCUT2D eigenvalue weighted by atomic mass is 32.1. The monoisotopic (exact) mass is 265 g/mol. The average molecular weight is 265 g/mol. The first-order valence-electron chi connectivity index (χ1n) is 6.77. The van der Waals surface area contributed by atoms with Gasteiger partial charge in [-0.25, -0.2) is 4.98 Å². The zero-order valence-corrected chi connectivity index (χ0v) is 11.3.